The van der Waals surface area contributed by atoms with Crippen molar-refractivity contribution in [3.05, 3.63) is 69.8 Å². The molecule has 0 bridgehead atoms. The van der Waals surface area contributed by atoms with Gasteiger partial charge < -0.3 is 9.05 Å². The highest BCUT2D eigenvalue weighted by molar-refractivity contribution is 7.26. The molecule has 2 aromatic carbocycles. The van der Waals surface area contributed by atoms with E-state index in [-0.39, 0.29) is 9.03 Å². The van der Waals surface area contributed by atoms with Crippen molar-refractivity contribution in [1.29, 1.82) is 0 Å². The van der Waals surface area contributed by atoms with E-state index in [0.717, 1.165) is 36.8 Å². The van der Waals surface area contributed by atoms with E-state index in [4.69, 9.17) is 55.5 Å². The lowest BCUT2D eigenvalue weighted by molar-refractivity contribution is 0.252. The molecule has 0 radical (unpaired) electrons. The van der Waals surface area contributed by atoms with Gasteiger partial charge >= 0.3 is 0 Å². The average Bonchev–Trinajstić information content (AvgIpc) is 2.72. The zero-order valence-corrected chi connectivity index (χ0v) is 20.4. The van der Waals surface area contributed by atoms with E-state index in [2.05, 4.69) is 24.3 Å². The molecule has 0 amide bonds. The molecule has 160 valence electrons. The van der Waals surface area contributed by atoms with E-state index in [0.29, 0.717) is 36.7 Å². The van der Waals surface area contributed by atoms with Crippen LogP contribution < -0.4 is 0 Å². The average molecular weight is 496 g/mol. The van der Waals surface area contributed by atoms with Gasteiger partial charge in [0, 0.05) is 23.5 Å². The van der Waals surface area contributed by atoms with Gasteiger partial charge in [-0.3, -0.25) is 0 Å². The Balaban J connectivity index is 1.92. The van der Waals surface area contributed by atoms with Crippen LogP contribution in [0.2, 0.25) is 0 Å². The van der Waals surface area contributed by atoms with Gasteiger partial charge in [-0.05, 0) is 59.1 Å². The molecule has 0 fully saturated rings. The minimum atomic E-state index is -0.0425. The van der Waals surface area contributed by atoms with Crippen LogP contribution in [0.25, 0.3) is 0 Å². The molecule has 2 rings (SSSR count). The third-order valence-electron chi connectivity index (χ3n) is 4.73. The van der Waals surface area contributed by atoms with E-state index >= 15 is 0 Å². The molecule has 0 saturated carbocycles. The van der Waals surface area contributed by atoms with E-state index in [1.54, 1.807) is 0 Å². The molecule has 0 aliphatic carbocycles. The molecule has 2 aromatic rings. The maximum absolute atomic E-state index is 5.99. The summed E-state index contributed by atoms with van der Waals surface area (Å²) in [6.45, 7) is 1.00. The van der Waals surface area contributed by atoms with Crippen molar-refractivity contribution in [1.82, 2.24) is 0 Å². The molecule has 7 heteroatoms. The molecule has 0 N–H and O–H groups in total. The Labute approximate surface area is 196 Å². The Morgan fingerprint density at radius 2 is 0.931 bits per heavy atom. The van der Waals surface area contributed by atoms with Crippen LogP contribution in [-0.2, 0) is 47.9 Å². The van der Waals surface area contributed by atoms with Gasteiger partial charge in [0.2, 0.25) is 0 Å². The number of rotatable bonds is 14. The van der Waals surface area contributed by atoms with Crippen LogP contribution in [0, 0.1) is 0 Å². The van der Waals surface area contributed by atoms with E-state index in [9.17, 15) is 0 Å². The summed E-state index contributed by atoms with van der Waals surface area (Å²) in [5.41, 5.74) is 7.27. The lowest BCUT2D eigenvalue weighted by Gasteiger charge is -2.15. The van der Waals surface area contributed by atoms with Crippen molar-refractivity contribution < 1.29 is 9.05 Å². The van der Waals surface area contributed by atoms with Gasteiger partial charge in [-0.1, -0.05) is 36.4 Å². The Morgan fingerprint density at radius 3 is 1.31 bits per heavy atom. The molecule has 0 aliphatic rings. The van der Waals surface area contributed by atoms with Crippen LogP contribution in [0.4, 0.5) is 0 Å². The van der Waals surface area contributed by atoms with Crippen molar-refractivity contribution in [2.75, 3.05) is 23.5 Å². The van der Waals surface area contributed by atoms with Crippen molar-refractivity contribution in [3.8, 4) is 0 Å². The monoisotopic (exact) mass is 494 g/mol. The highest BCUT2D eigenvalue weighted by Crippen LogP contribution is 2.26. The minimum absolute atomic E-state index is 0.0425. The first-order valence-electron chi connectivity index (χ1n) is 9.66. The fourth-order valence-electron chi connectivity index (χ4n) is 3.41. The summed E-state index contributed by atoms with van der Waals surface area (Å²) in [6, 6.07) is 12.5. The van der Waals surface area contributed by atoms with Crippen LogP contribution in [0.15, 0.2) is 36.4 Å². The number of aryl methyl sites for hydroxylation is 2. The third kappa shape index (κ3) is 8.19. The maximum Gasteiger partial charge on any atom is 0.155 e. The van der Waals surface area contributed by atoms with Crippen LogP contribution in [0.1, 0.15) is 33.4 Å². The van der Waals surface area contributed by atoms with E-state index in [1.807, 2.05) is 12.1 Å². The van der Waals surface area contributed by atoms with Crippen LogP contribution >= 0.6 is 55.4 Å². The summed E-state index contributed by atoms with van der Waals surface area (Å²) in [5, 5.41) is 0. The molecule has 29 heavy (non-hydrogen) atoms. The molecule has 0 unspecified atom stereocenters. The second-order valence-corrected chi connectivity index (χ2v) is 8.78. The van der Waals surface area contributed by atoms with Crippen molar-refractivity contribution in [2.24, 2.45) is 0 Å². The number of benzene rings is 2. The second-order valence-electron chi connectivity index (χ2n) is 6.53. The first-order chi connectivity index (χ1) is 14.2. The zero-order valence-electron chi connectivity index (χ0n) is 16.4. The zero-order chi connectivity index (χ0) is 20.9. The van der Waals surface area contributed by atoms with Gasteiger partial charge in [0.25, 0.3) is 0 Å². The maximum atomic E-state index is 5.99. The van der Waals surface area contributed by atoms with Gasteiger partial charge in [-0.15, -0.1) is 46.4 Å². The Bertz CT molecular complexity index is 681. The predicted octanol–water partition coefficient (Wildman–Crippen LogP) is 7.05. The summed E-state index contributed by atoms with van der Waals surface area (Å²) < 4.78 is 11.6. The fraction of sp³-hybridized carbons (Fsp3) is 0.455. The summed E-state index contributed by atoms with van der Waals surface area (Å²) >= 11 is 23.8. The summed E-state index contributed by atoms with van der Waals surface area (Å²) in [4.78, 5) is 0. The van der Waals surface area contributed by atoms with Gasteiger partial charge in [0.15, 0.2) is 9.03 Å². The SMILES string of the molecule is ClCCc1cccc(COPOCc2cccc(CCCl)c2CCCl)c1CCCl. The molecular formula is C22H27Cl4O2P. The van der Waals surface area contributed by atoms with E-state index < -0.39 is 0 Å². The Hall–Kier alpha value is -0.0500. The number of hydrogen-bond donors (Lipinski definition) is 0. The quantitative estimate of drug-likeness (QED) is 0.159. The second kappa shape index (κ2) is 14.9. The van der Waals surface area contributed by atoms with Crippen molar-refractivity contribution in [2.45, 2.75) is 38.9 Å². The Kier molecular flexibility index (Phi) is 12.9. The molecule has 0 aromatic heterocycles. The molecular weight excluding hydrogens is 469 g/mol. The highest BCUT2D eigenvalue weighted by Gasteiger charge is 2.10. The standard InChI is InChI=1S/C22H27Cl4O2P/c23-11-7-17-3-1-5-19(21(17)9-13-25)15-27-29-28-16-20-6-2-4-18(8-12-24)22(20)10-14-26/h1-6,29H,7-16H2. The van der Waals surface area contributed by atoms with Gasteiger partial charge in [-0.2, -0.15) is 0 Å². The molecule has 0 atom stereocenters. The van der Waals surface area contributed by atoms with E-state index in [1.165, 1.54) is 22.3 Å². The topological polar surface area (TPSA) is 18.5 Å². The summed E-state index contributed by atoms with van der Waals surface area (Å²) in [5.74, 6) is 2.34. The largest absolute Gasteiger partial charge is 0.331 e. The van der Waals surface area contributed by atoms with Crippen molar-refractivity contribution >= 4 is 55.4 Å². The Morgan fingerprint density at radius 1 is 0.552 bits per heavy atom. The number of halogens is 4. The summed E-state index contributed by atoms with van der Waals surface area (Å²) in [7, 11) is -0.0425. The molecule has 0 heterocycles. The van der Waals surface area contributed by atoms with Crippen LogP contribution in [0.5, 0.6) is 0 Å². The third-order valence-corrected chi connectivity index (χ3v) is 6.01. The van der Waals surface area contributed by atoms with Crippen molar-refractivity contribution in [3.63, 3.8) is 0 Å². The lowest BCUT2D eigenvalue weighted by Crippen LogP contribution is -2.03. The smallest absolute Gasteiger partial charge is 0.155 e. The predicted molar refractivity (Wildman–Crippen MR) is 128 cm³/mol. The lowest BCUT2D eigenvalue weighted by atomic mass is 9.97. The van der Waals surface area contributed by atoms with Crippen LogP contribution in [0.3, 0.4) is 0 Å². The molecule has 0 aliphatic heterocycles. The molecule has 0 spiro atoms. The van der Waals surface area contributed by atoms with Crippen LogP contribution in [-0.4, -0.2) is 23.5 Å². The first-order valence-corrected chi connectivity index (χ1v) is 12.6. The molecule has 0 saturated heterocycles. The number of alkyl halides is 4. The summed E-state index contributed by atoms with van der Waals surface area (Å²) in [6.07, 6.45) is 3.30. The minimum Gasteiger partial charge on any atom is -0.331 e. The molecule has 2 nitrogen and oxygen atoms in total. The van der Waals surface area contributed by atoms with Gasteiger partial charge in [-0.25, -0.2) is 0 Å². The van der Waals surface area contributed by atoms with Gasteiger partial charge in [0.1, 0.15) is 0 Å². The first kappa shape index (κ1) is 25.2. The van der Waals surface area contributed by atoms with Gasteiger partial charge in [0.05, 0.1) is 13.2 Å². The fourth-order valence-corrected chi connectivity index (χ4v) is 4.70. The highest BCUT2D eigenvalue weighted by atomic mass is 35.5. The normalized spacial score (nSPS) is 11.2. The number of hydrogen-bond acceptors (Lipinski definition) is 2.